The van der Waals surface area contributed by atoms with Crippen molar-refractivity contribution in [1.29, 1.82) is 0 Å². The van der Waals surface area contributed by atoms with Crippen molar-refractivity contribution in [2.24, 2.45) is 0 Å². The second-order valence-electron chi connectivity index (χ2n) is 2.14. The lowest BCUT2D eigenvalue weighted by Gasteiger charge is -2.11. The standard InChI is InChI=1S/C5H8F3NO2/c1-9(2)3-11-4(10)5(6,7)8/h3H2,1-2H3. The quantitative estimate of drug-likeness (QED) is 0.450. The molecule has 0 saturated carbocycles. The third-order valence-electron chi connectivity index (χ3n) is 0.685. The van der Waals surface area contributed by atoms with E-state index < -0.39 is 12.1 Å². The van der Waals surface area contributed by atoms with Gasteiger partial charge in [-0.2, -0.15) is 13.2 Å². The third kappa shape index (κ3) is 4.60. The average Bonchev–Trinajstić information content (AvgIpc) is 1.80. The van der Waals surface area contributed by atoms with E-state index in [1.807, 2.05) is 0 Å². The van der Waals surface area contributed by atoms with Gasteiger partial charge in [-0.3, -0.25) is 4.90 Å². The summed E-state index contributed by atoms with van der Waals surface area (Å²) in [6.45, 7) is -0.363. The Labute approximate surface area is 61.7 Å². The van der Waals surface area contributed by atoms with Crippen LogP contribution >= 0.6 is 0 Å². The number of carbonyl (C=O) groups is 1. The highest BCUT2D eigenvalue weighted by Crippen LogP contribution is 2.16. The van der Waals surface area contributed by atoms with Crippen molar-refractivity contribution in [3.63, 3.8) is 0 Å². The summed E-state index contributed by atoms with van der Waals surface area (Å²) < 4.78 is 38.0. The van der Waals surface area contributed by atoms with Crippen molar-refractivity contribution in [3.8, 4) is 0 Å². The van der Waals surface area contributed by atoms with Crippen LogP contribution in [0.3, 0.4) is 0 Å². The van der Waals surface area contributed by atoms with E-state index in [2.05, 4.69) is 4.74 Å². The predicted molar refractivity (Wildman–Crippen MR) is 30.7 cm³/mol. The molecule has 0 amide bonds. The summed E-state index contributed by atoms with van der Waals surface area (Å²) in [5.74, 6) is -2.16. The van der Waals surface area contributed by atoms with Crippen LogP contribution in [0, 0.1) is 0 Å². The number of nitrogens with zero attached hydrogens (tertiary/aromatic N) is 1. The Hall–Kier alpha value is -0.780. The minimum absolute atomic E-state index is 0.363. The van der Waals surface area contributed by atoms with Gasteiger partial charge in [-0.05, 0) is 14.1 Å². The fourth-order valence-corrected chi connectivity index (χ4v) is 0.270. The Balaban J connectivity index is 3.71. The number of alkyl halides is 3. The van der Waals surface area contributed by atoms with E-state index in [0.29, 0.717) is 0 Å². The number of carbonyl (C=O) groups excluding carboxylic acids is 1. The molecule has 0 rings (SSSR count). The summed E-state index contributed by atoms with van der Waals surface area (Å²) in [7, 11) is 2.98. The third-order valence-corrected chi connectivity index (χ3v) is 0.685. The first-order chi connectivity index (χ1) is 4.84. The van der Waals surface area contributed by atoms with Gasteiger partial charge < -0.3 is 4.74 Å². The topological polar surface area (TPSA) is 29.5 Å². The zero-order valence-corrected chi connectivity index (χ0v) is 6.10. The minimum atomic E-state index is -4.89. The van der Waals surface area contributed by atoms with Crippen molar-refractivity contribution < 1.29 is 22.7 Å². The van der Waals surface area contributed by atoms with Crippen molar-refractivity contribution in [3.05, 3.63) is 0 Å². The van der Waals surface area contributed by atoms with Gasteiger partial charge in [0.15, 0.2) is 0 Å². The van der Waals surface area contributed by atoms with Crippen LogP contribution in [0.15, 0.2) is 0 Å². The molecule has 0 unspecified atom stereocenters. The Kier molecular flexibility index (Phi) is 3.31. The first-order valence-corrected chi connectivity index (χ1v) is 2.72. The van der Waals surface area contributed by atoms with Crippen molar-refractivity contribution >= 4 is 5.97 Å². The molecule has 0 fully saturated rings. The molecule has 0 aliphatic carbocycles. The summed E-state index contributed by atoms with van der Waals surface area (Å²) in [4.78, 5) is 11.3. The molecule has 0 aromatic carbocycles. The normalized spacial score (nSPS) is 11.8. The maximum absolute atomic E-state index is 11.4. The molecule has 0 saturated heterocycles. The SMILES string of the molecule is CN(C)COC(=O)C(F)(F)F. The molecule has 11 heavy (non-hydrogen) atoms. The average molecular weight is 171 g/mol. The molecule has 0 bridgehead atoms. The smallest absolute Gasteiger partial charge is 0.443 e. The summed E-state index contributed by atoms with van der Waals surface area (Å²) in [5.41, 5.74) is 0. The molecule has 0 aliphatic heterocycles. The summed E-state index contributed by atoms with van der Waals surface area (Å²) >= 11 is 0. The molecule has 0 aliphatic rings. The second-order valence-corrected chi connectivity index (χ2v) is 2.14. The second kappa shape index (κ2) is 3.56. The summed E-state index contributed by atoms with van der Waals surface area (Å²) in [6.07, 6.45) is -4.89. The van der Waals surface area contributed by atoms with E-state index in [9.17, 15) is 18.0 Å². The predicted octanol–water partition coefficient (Wildman–Crippen LogP) is 0.611. The molecule has 0 N–H and O–H groups in total. The van der Waals surface area contributed by atoms with Crippen LogP contribution < -0.4 is 0 Å². The van der Waals surface area contributed by atoms with E-state index in [4.69, 9.17) is 0 Å². The molecular formula is C5H8F3NO2. The maximum Gasteiger partial charge on any atom is 0.490 e. The van der Waals surface area contributed by atoms with Crippen LogP contribution in [0.2, 0.25) is 0 Å². The molecular weight excluding hydrogens is 163 g/mol. The van der Waals surface area contributed by atoms with Crippen molar-refractivity contribution in [2.45, 2.75) is 6.18 Å². The Morgan fingerprint density at radius 1 is 1.45 bits per heavy atom. The fourth-order valence-electron chi connectivity index (χ4n) is 0.270. The number of rotatable bonds is 2. The van der Waals surface area contributed by atoms with Crippen LogP contribution in [0.25, 0.3) is 0 Å². The number of hydrogen-bond donors (Lipinski definition) is 0. The monoisotopic (exact) mass is 171 g/mol. The molecule has 0 aromatic heterocycles. The van der Waals surface area contributed by atoms with Crippen LogP contribution in [0.5, 0.6) is 0 Å². The zero-order chi connectivity index (χ0) is 9.07. The number of esters is 1. The van der Waals surface area contributed by atoms with E-state index in [-0.39, 0.29) is 6.73 Å². The van der Waals surface area contributed by atoms with E-state index in [0.717, 1.165) is 0 Å². The molecule has 0 radical (unpaired) electrons. The van der Waals surface area contributed by atoms with Crippen molar-refractivity contribution in [2.75, 3.05) is 20.8 Å². The van der Waals surface area contributed by atoms with Crippen LogP contribution in [-0.2, 0) is 9.53 Å². The Morgan fingerprint density at radius 3 is 2.18 bits per heavy atom. The van der Waals surface area contributed by atoms with Gasteiger partial charge >= 0.3 is 12.1 Å². The van der Waals surface area contributed by atoms with Gasteiger partial charge in [0, 0.05) is 0 Å². The van der Waals surface area contributed by atoms with Gasteiger partial charge in [0.1, 0.15) is 6.73 Å². The lowest BCUT2D eigenvalue weighted by atomic mass is 10.7. The first kappa shape index (κ1) is 10.2. The number of halogens is 3. The van der Waals surface area contributed by atoms with Crippen LogP contribution in [0.4, 0.5) is 13.2 Å². The largest absolute Gasteiger partial charge is 0.490 e. The first-order valence-electron chi connectivity index (χ1n) is 2.72. The molecule has 0 aromatic rings. The Bertz CT molecular complexity index is 143. The number of ether oxygens (including phenoxy) is 1. The summed E-state index contributed by atoms with van der Waals surface area (Å²) in [6, 6.07) is 0. The van der Waals surface area contributed by atoms with Gasteiger partial charge in [-0.1, -0.05) is 0 Å². The maximum atomic E-state index is 11.4. The van der Waals surface area contributed by atoms with Gasteiger partial charge in [0.05, 0.1) is 0 Å². The molecule has 6 heteroatoms. The number of hydrogen-bond acceptors (Lipinski definition) is 3. The highest BCUT2D eigenvalue weighted by molar-refractivity contribution is 5.75. The molecule has 66 valence electrons. The highest BCUT2D eigenvalue weighted by Gasteiger charge is 2.40. The fraction of sp³-hybridized carbons (Fsp3) is 0.800. The highest BCUT2D eigenvalue weighted by atomic mass is 19.4. The minimum Gasteiger partial charge on any atom is -0.443 e. The van der Waals surface area contributed by atoms with Gasteiger partial charge in [0.25, 0.3) is 0 Å². The summed E-state index contributed by atoms with van der Waals surface area (Å²) in [5, 5.41) is 0. The van der Waals surface area contributed by atoms with Gasteiger partial charge in [-0.15, -0.1) is 0 Å². The molecule has 0 heterocycles. The van der Waals surface area contributed by atoms with E-state index in [1.54, 1.807) is 0 Å². The zero-order valence-electron chi connectivity index (χ0n) is 6.10. The van der Waals surface area contributed by atoms with Gasteiger partial charge in [0.2, 0.25) is 0 Å². The van der Waals surface area contributed by atoms with Crippen molar-refractivity contribution in [1.82, 2.24) is 4.90 Å². The van der Waals surface area contributed by atoms with E-state index in [1.165, 1.54) is 19.0 Å². The van der Waals surface area contributed by atoms with Crippen LogP contribution in [-0.4, -0.2) is 37.9 Å². The van der Waals surface area contributed by atoms with Crippen LogP contribution in [0.1, 0.15) is 0 Å². The lowest BCUT2D eigenvalue weighted by Crippen LogP contribution is -2.29. The molecule has 0 spiro atoms. The molecule has 0 atom stereocenters. The van der Waals surface area contributed by atoms with E-state index >= 15 is 0 Å². The van der Waals surface area contributed by atoms with Gasteiger partial charge in [-0.25, -0.2) is 4.79 Å². The lowest BCUT2D eigenvalue weighted by molar-refractivity contribution is -0.203. The Morgan fingerprint density at radius 2 is 1.91 bits per heavy atom. The molecule has 3 nitrogen and oxygen atoms in total.